The number of nitrogens with one attached hydrogen (secondary N) is 1. The molecule has 6 nitrogen and oxygen atoms in total. The molecule has 1 saturated heterocycles. The Kier molecular flexibility index (Phi) is 3.83. The average Bonchev–Trinajstić information content (AvgIpc) is 3.23. The third-order valence-corrected chi connectivity index (χ3v) is 6.16. The van der Waals surface area contributed by atoms with E-state index in [2.05, 4.69) is 41.2 Å². The van der Waals surface area contributed by atoms with E-state index in [1.807, 2.05) is 12.3 Å². The van der Waals surface area contributed by atoms with Gasteiger partial charge in [0.25, 0.3) is 0 Å². The molecule has 3 aliphatic rings. The molecule has 3 fully saturated rings. The van der Waals surface area contributed by atoms with Crippen LogP contribution in [0.15, 0.2) is 16.8 Å². The summed E-state index contributed by atoms with van der Waals surface area (Å²) in [4.78, 5) is 9.21. The number of pyridine rings is 1. The predicted octanol–water partition coefficient (Wildman–Crippen LogP) is 3.68. The summed E-state index contributed by atoms with van der Waals surface area (Å²) in [7, 11) is 0. The number of nitrogens with zero attached hydrogens (tertiary/aromatic N) is 3. The van der Waals surface area contributed by atoms with Gasteiger partial charge in [-0.2, -0.15) is 4.98 Å². The normalized spacial score (nSPS) is 21.7. The van der Waals surface area contributed by atoms with Crippen molar-refractivity contribution in [3.8, 4) is 17.3 Å². The highest BCUT2D eigenvalue weighted by Crippen LogP contribution is 2.55. The lowest BCUT2D eigenvalue weighted by molar-refractivity contribution is 0.0350. The third kappa shape index (κ3) is 3.24. The summed E-state index contributed by atoms with van der Waals surface area (Å²) in [6.45, 7) is 9.30. The van der Waals surface area contributed by atoms with Crippen LogP contribution in [-0.4, -0.2) is 34.8 Å². The zero-order chi connectivity index (χ0) is 18.6. The van der Waals surface area contributed by atoms with Gasteiger partial charge in [0, 0.05) is 36.3 Å². The molecule has 3 heterocycles. The average molecular weight is 368 g/mol. The minimum Gasteiger partial charge on any atom is -0.493 e. The molecule has 6 heteroatoms. The maximum absolute atomic E-state index is 6.23. The molecule has 5 rings (SSSR count). The quantitative estimate of drug-likeness (QED) is 0.868. The summed E-state index contributed by atoms with van der Waals surface area (Å²) in [5, 5.41) is 7.55. The third-order valence-electron chi connectivity index (χ3n) is 6.16. The lowest BCUT2D eigenvalue weighted by atomic mass is 9.57. The topological polar surface area (TPSA) is 73.1 Å². The summed E-state index contributed by atoms with van der Waals surface area (Å²) in [6.07, 6.45) is 7.01. The van der Waals surface area contributed by atoms with Gasteiger partial charge in [-0.1, -0.05) is 25.9 Å². The fourth-order valence-electron chi connectivity index (χ4n) is 4.10. The van der Waals surface area contributed by atoms with Gasteiger partial charge in [-0.25, -0.2) is 0 Å². The zero-order valence-corrected chi connectivity index (χ0v) is 16.4. The van der Waals surface area contributed by atoms with E-state index in [9.17, 15) is 0 Å². The molecule has 0 atom stereocenters. The molecule has 0 unspecified atom stereocenters. The van der Waals surface area contributed by atoms with Crippen LogP contribution in [0.5, 0.6) is 5.75 Å². The highest BCUT2D eigenvalue weighted by atomic mass is 16.5. The van der Waals surface area contributed by atoms with E-state index in [1.54, 1.807) is 0 Å². The van der Waals surface area contributed by atoms with E-state index in [1.165, 1.54) is 31.2 Å². The molecule has 0 radical (unpaired) electrons. The van der Waals surface area contributed by atoms with Gasteiger partial charge in [-0.15, -0.1) is 0 Å². The number of aromatic nitrogens is 3. The van der Waals surface area contributed by atoms with E-state index < -0.39 is 0 Å². The van der Waals surface area contributed by atoms with Crippen molar-refractivity contribution >= 4 is 0 Å². The van der Waals surface area contributed by atoms with Crippen LogP contribution >= 0.6 is 0 Å². The molecule has 2 aromatic rings. The Balaban J connectivity index is 1.41. The van der Waals surface area contributed by atoms with Crippen LogP contribution in [0.25, 0.3) is 11.5 Å². The van der Waals surface area contributed by atoms with Crippen molar-refractivity contribution < 1.29 is 9.26 Å². The fourth-order valence-corrected chi connectivity index (χ4v) is 4.10. The Morgan fingerprint density at radius 1 is 1.26 bits per heavy atom. The summed E-state index contributed by atoms with van der Waals surface area (Å²) in [5.74, 6) is 3.40. The molecule has 2 aromatic heterocycles. The second-order valence-corrected chi connectivity index (χ2v) is 9.74. The smallest absolute Gasteiger partial charge is 0.232 e. The van der Waals surface area contributed by atoms with E-state index in [-0.39, 0.29) is 5.41 Å². The number of hydrogen-bond acceptors (Lipinski definition) is 6. The van der Waals surface area contributed by atoms with Crippen LogP contribution in [0, 0.1) is 11.3 Å². The summed E-state index contributed by atoms with van der Waals surface area (Å²) < 4.78 is 11.7. The largest absolute Gasteiger partial charge is 0.493 e. The molecule has 1 aliphatic heterocycles. The lowest BCUT2D eigenvalue weighted by Gasteiger charge is -2.54. The van der Waals surface area contributed by atoms with Crippen molar-refractivity contribution in [3.05, 3.63) is 23.7 Å². The van der Waals surface area contributed by atoms with Crippen LogP contribution < -0.4 is 10.1 Å². The monoisotopic (exact) mass is 368 g/mol. The maximum Gasteiger partial charge on any atom is 0.232 e. The van der Waals surface area contributed by atoms with Crippen molar-refractivity contribution in [2.24, 2.45) is 11.3 Å². The molecule has 0 amide bonds. The van der Waals surface area contributed by atoms with E-state index in [0.29, 0.717) is 23.0 Å². The van der Waals surface area contributed by atoms with Gasteiger partial charge in [-0.05, 0) is 42.9 Å². The molecule has 0 aromatic carbocycles. The van der Waals surface area contributed by atoms with Gasteiger partial charge in [0.1, 0.15) is 11.4 Å². The van der Waals surface area contributed by atoms with E-state index in [4.69, 9.17) is 9.26 Å². The first kappa shape index (κ1) is 17.2. The SMILES string of the molecule is CC(C)(C)c1nc(-c2cc(OCC3CC3)c(C3CC4(CNC4)C3)cn2)no1. The van der Waals surface area contributed by atoms with Crippen molar-refractivity contribution in [1.29, 1.82) is 0 Å². The summed E-state index contributed by atoms with van der Waals surface area (Å²) in [5.41, 5.74) is 2.33. The second kappa shape index (κ2) is 6.03. The van der Waals surface area contributed by atoms with Gasteiger partial charge < -0.3 is 14.6 Å². The van der Waals surface area contributed by atoms with E-state index in [0.717, 1.165) is 37.1 Å². The highest BCUT2D eigenvalue weighted by Gasteiger charge is 2.49. The van der Waals surface area contributed by atoms with Gasteiger partial charge in [-0.3, -0.25) is 4.98 Å². The summed E-state index contributed by atoms with van der Waals surface area (Å²) in [6, 6.07) is 2.01. The van der Waals surface area contributed by atoms with Crippen LogP contribution in [0.1, 0.15) is 63.8 Å². The Morgan fingerprint density at radius 3 is 2.63 bits per heavy atom. The Hall–Kier alpha value is -1.95. The van der Waals surface area contributed by atoms with Gasteiger partial charge >= 0.3 is 0 Å². The first-order valence-corrected chi connectivity index (χ1v) is 10.1. The Morgan fingerprint density at radius 2 is 2.04 bits per heavy atom. The fraction of sp³-hybridized carbons (Fsp3) is 0.667. The minimum absolute atomic E-state index is 0.173. The first-order chi connectivity index (χ1) is 12.9. The lowest BCUT2D eigenvalue weighted by Crippen LogP contribution is -2.59. The van der Waals surface area contributed by atoms with Crippen molar-refractivity contribution in [2.45, 2.75) is 57.8 Å². The first-order valence-electron chi connectivity index (χ1n) is 10.1. The van der Waals surface area contributed by atoms with Crippen molar-refractivity contribution in [1.82, 2.24) is 20.4 Å². The van der Waals surface area contributed by atoms with Gasteiger partial charge in [0.2, 0.25) is 11.7 Å². The van der Waals surface area contributed by atoms with Crippen LogP contribution in [-0.2, 0) is 5.41 Å². The highest BCUT2D eigenvalue weighted by molar-refractivity contribution is 5.54. The molecule has 1 spiro atoms. The van der Waals surface area contributed by atoms with Crippen molar-refractivity contribution in [3.63, 3.8) is 0 Å². The van der Waals surface area contributed by atoms with Crippen molar-refractivity contribution in [2.75, 3.05) is 19.7 Å². The molecule has 2 saturated carbocycles. The molecule has 2 aliphatic carbocycles. The van der Waals surface area contributed by atoms with Crippen LogP contribution in [0.4, 0.5) is 0 Å². The zero-order valence-electron chi connectivity index (χ0n) is 16.4. The second-order valence-electron chi connectivity index (χ2n) is 9.74. The summed E-state index contributed by atoms with van der Waals surface area (Å²) >= 11 is 0. The maximum atomic E-state index is 6.23. The Labute approximate surface area is 160 Å². The number of hydrogen-bond donors (Lipinski definition) is 1. The number of ether oxygens (including phenoxy) is 1. The molecule has 0 bridgehead atoms. The predicted molar refractivity (Wildman–Crippen MR) is 102 cm³/mol. The molecule has 27 heavy (non-hydrogen) atoms. The van der Waals surface area contributed by atoms with Crippen LogP contribution in [0.3, 0.4) is 0 Å². The van der Waals surface area contributed by atoms with Gasteiger partial charge in [0.05, 0.1) is 6.61 Å². The standard InChI is InChI=1S/C21H28N4O2/c1-20(2,3)19-24-18(25-27-19)16-6-17(26-10-13-4-5-13)15(9-23-16)14-7-21(8-14)11-22-12-21/h6,9,13-14,22H,4-5,7-8,10-12H2,1-3H3. The molecule has 1 N–H and O–H groups in total. The minimum atomic E-state index is -0.173. The molecule has 144 valence electrons. The molecular weight excluding hydrogens is 340 g/mol. The molecular formula is C21H28N4O2. The van der Waals surface area contributed by atoms with E-state index >= 15 is 0 Å². The number of rotatable bonds is 5. The Bertz CT molecular complexity index is 838. The van der Waals surface area contributed by atoms with Crippen LogP contribution in [0.2, 0.25) is 0 Å². The van der Waals surface area contributed by atoms with Gasteiger partial charge in [0.15, 0.2) is 0 Å².